The molecule has 0 heterocycles. The first-order valence-corrected chi connectivity index (χ1v) is 6.23. The molecule has 0 unspecified atom stereocenters. The van der Waals surface area contributed by atoms with Crippen molar-refractivity contribution < 1.29 is 18.3 Å². The van der Waals surface area contributed by atoms with Gasteiger partial charge >= 0.3 is 5.97 Å². The third-order valence-electron chi connectivity index (χ3n) is 3.46. The van der Waals surface area contributed by atoms with E-state index in [-0.39, 0.29) is 17.6 Å². The molecule has 4 heteroatoms. The van der Waals surface area contributed by atoms with Gasteiger partial charge in [-0.1, -0.05) is 6.92 Å². The van der Waals surface area contributed by atoms with Crippen molar-refractivity contribution in [2.45, 2.75) is 32.6 Å². The lowest BCUT2D eigenvalue weighted by Gasteiger charge is -2.24. The maximum absolute atomic E-state index is 13.0. The van der Waals surface area contributed by atoms with Gasteiger partial charge in [-0.25, -0.2) is 8.78 Å². The summed E-state index contributed by atoms with van der Waals surface area (Å²) in [5.41, 5.74) is 0. The second-order valence-electron chi connectivity index (χ2n) is 4.95. The number of esters is 1. The Labute approximate surface area is 105 Å². The Bertz CT molecular complexity index is 437. The number of hydrogen-bond donors (Lipinski definition) is 0. The van der Waals surface area contributed by atoms with Crippen molar-refractivity contribution in [2.75, 3.05) is 0 Å². The molecule has 0 spiro atoms. The fraction of sp³-hybridized carbons (Fsp3) is 0.500. The highest BCUT2D eigenvalue weighted by atomic mass is 19.2. The molecular formula is C14H16F2O2. The topological polar surface area (TPSA) is 26.3 Å². The fourth-order valence-corrected chi connectivity index (χ4v) is 2.24. The van der Waals surface area contributed by atoms with Crippen LogP contribution in [0, 0.1) is 23.5 Å². The highest BCUT2D eigenvalue weighted by Crippen LogP contribution is 2.29. The smallest absolute Gasteiger partial charge is 0.314 e. The van der Waals surface area contributed by atoms with Gasteiger partial charge in [0.15, 0.2) is 11.6 Å². The molecular weight excluding hydrogens is 238 g/mol. The number of rotatable bonds is 2. The zero-order valence-corrected chi connectivity index (χ0v) is 10.3. The standard InChI is InChI=1S/C14H16F2O2/c1-9-2-4-10(5-3-9)14(17)18-11-6-7-12(15)13(16)8-11/h6-10H,2-5H2,1H3. The number of benzene rings is 1. The molecule has 0 saturated heterocycles. The van der Waals surface area contributed by atoms with Gasteiger partial charge in [0.05, 0.1) is 5.92 Å². The van der Waals surface area contributed by atoms with Gasteiger partial charge in [-0.15, -0.1) is 0 Å². The minimum absolute atomic E-state index is 0.0671. The van der Waals surface area contributed by atoms with E-state index in [9.17, 15) is 13.6 Å². The first-order chi connectivity index (χ1) is 8.56. The predicted molar refractivity (Wildman–Crippen MR) is 63.1 cm³/mol. The molecule has 1 fully saturated rings. The summed E-state index contributed by atoms with van der Waals surface area (Å²) in [5, 5.41) is 0. The summed E-state index contributed by atoms with van der Waals surface area (Å²) < 4.78 is 30.8. The lowest BCUT2D eigenvalue weighted by Crippen LogP contribution is -2.25. The Kier molecular flexibility index (Phi) is 3.94. The normalized spacial score (nSPS) is 23.7. The number of ether oxygens (including phenoxy) is 1. The molecule has 0 atom stereocenters. The number of halogens is 2. The number of carbonyl (C=O) groups is 1. The van der Waals surface area contributed by atoms with Crippen LogP contribution < -0.4 is 4.74 Å². The largest absolute Gasteiger partial charge is 0.426 e. The number of carbonyl (C=O) groups excluding carboxylic acids is 1. The molecule has 0 aliphatic heterocycles. The third-order valence-corrected chi connectivity index (χ3v) is 3.46. The van der Waals surface area contributed by atoms with Gasteiger partial charge in [-0.2, -0.15) is 0 Å². The zero-order chi connectivity index (χ0) is 13.1. The van der Waals surface area contributed by atoms with E-state index in [2.05, 4.69) is 6.92 Å². The van der Waals surface area contributed by atoms with E-state index in [0.717, 1.165) is 37.8 Å². The fourth-order valence-electron chi connectivity index (χ4n) is 2.24. The van der Waals surface area contributed by atoms with Gasteiger partial charge in [0.1, 0.15) is 5.75 Å². The highest BCUT2D eigenvalue weighted by molar-refractivity contribution is 5.75. The highest BCUT2D eigenvalue weighted by Gasteiger charge is 2.26. The van der Waals surface area contributed by atoms with Crippen LogP contribution in [0.15, 0.2) is 18.2 Å². The van der Waals surface area contributed by atoms with Crippen molar-refractivity contribution in [3.8, 4) is 5.75 Å². The molecule has 0 bridgehead atoms. The maximum atomic E-state index is 13.0. The second kappa shape index (κ2) is 5.46. The molecule has 18 heavy (non-hydrogen) atoms. The van der Waals surface area contributed by atoms with Crippen molar-refractivity contribution in [1.82, 2.24) is 0 Å². The van der Waals surface area contributed by atoms with Crippen LogP contribution in [-0.2, 0) is 4.79 Å². The van der Waals surface area contributed by atoms with E-state index in [0.29, 0.717) is 5.92 Å². The van der Waals surface area contributed by atoms with Crippen LogP contribution in [-0.4, -0.2) is 5.97 Å². The first kappa shape index (κ1) is 13.0. The zero-order valence-electron chi connectivity index (χ0n) is 10.3. The van der Waals surface area contributed by atoms with E-state index in [1.165, 1.54) is 6.07 Å². The molecule has 1 aromatic carbocycles. The summed E-state index contributed by atoms with van der Waals surface area (Å²) in [4.78, 5) is 11.8. The lowest BCUT2D eigenvalue weighted by molar-refractivity contribution is -0.140. The Balaban J connectivity index is 1.96. The Morgan fingerprint density at radius 1 is 1.17 bits per heavy atom. The van der Waals surface area contributed by atoms with E-state index < -0.39 is 11.6 Å². The van der Waals surface area contributed by atoms with Crippen LogP contribution in [0.5, 0.6) is 5.75 Å². The summed E-state index contributed by atoms with van der Waals surface area (Å²) >= 11 is 0. The van der Waals surface area contributed by atoms with Crippen molar-refractivity contribution in [3.63, 3.8) is 0 Å². The van der Waals surface area contributed by atoms with Gasteiger partial charge in [0.25, 0.3) is 0 Å². The molecule has 98 valence electrons. The minimum atomic E-state index is -1.00. The molecule has 2 nitrogen and oxygen atoms in total. The first-order valence-electron chi connectivity index (χ1n) is 6.23. The monoisotopic (exact) mass is 254 g/mol. The summed E-state index contributed by atoms with van der Waals surface area (Å²) in [6.07, 6.45) is 3.64. The average molecular weight is 254 g/mol. The second-order valence-corrected chi connectivity index (χ2v) is 4.95. The summed E-state index contributed by atoms with van der Waals surface area (Å²) in [7, 11) is 0. The molecule has 0 N–H and O–H groups in total. The van der Waals surface area contributed by atoms with Gasteiger partial charge in [-0.3, -0.25) is 4.79 Å². The van der Waals surface area contributed by atoms with Crippen molar-refractivity contribution in [3.05, 3.63) is 29.8 Å². The SMILES string of the molecule is CC1CCC(C(=O)Oc2ccc(F)c(F)c2)CC1. The van der Waals surface area contributed by atoms with Crippen molar-refractivity contribution in [2.24, 2.45) is 11.8 Å². The summed E-state index contributed by atoms with van der Waals surface area (Å²) in [6.45, 7) is 2.16. The Hall–Kier alpha value is -1.45. The summed E-state index contributed by atoms with van der Waals surface area (Å²) in [6, 6.07) is 3.13. The predicted octanol–water partition coefficient (Wildman–Crippen LogP) is 3.70. The maximum Gasteiger partial charge on any atom is 0.314 e. The van der Waals surface area contributed by atoms with Crippen LogP contribution in [0.3, 0.4) is 0 Å². The summed E-state index contributed by atoms with van der Waals surface area (Å²) in [5.74, 6) is -1.68. The number of hydrogen-bond acceptors (Lipinski definition) is 2. The van der Waals surface area contributed by atoms with E-state index in [1.807, 2.05) is 0 Å². The van der Waals surface area contributed by atoms with Gasteiger partial charge in [-0.05, 0) is 43.7 Å². The molecule has 2 rings (SSSR count). The van der Waals surface area contributed by atoms with Crippen LogP contribution in [0.1, 0.15) is 32.6 Å². The lowest BCUT2D eigenvalue weighted by atomic mass is 9.83. The van der Waals surface area contributed by atoms with Gasteiger partial charge in [0, 0.05) is 6.07 Å². The molecule has 1 aromatic rings. The van der Waals surface area contributed by atoms with Crippen molar-refractivity contribution in [1.29, 1.82) is 0 Å². The molecule has 1 saturated carbocycles. The van der Waals surface area contributed by atoms with Crippen LogP contribution in [0.4, 0.5) is 8.78 Å². The minimum Gasteiger partial charge on any atom is -0.426 e. The van der Waals surface area contributed by atoms with Crippen LogP contribution >= 0.6 is 0 Å². The van der Waals surface area contributed by atoms with Crippen LogP contribution in [0.2, 0.25) is 0 Å². The average Bonchev–Trinajstić information content (AvgIpc) is 2.34. The van der Waals surface area contributed by atoms with E-state index in [4.69, 9.17) is 4.74 Å². The van der Waals surface area contributed by atoms with E-state index in [1.54, 1.807) is 0 Å². The molecule has 0 aromatic heterocycles. The Morgan fingerprint density at radius 2 is 1.83 bits per heavy atom. The van der Waals surface area contributed by atoms with E-state index >= 15 is 0 Å². The third kappa shape index (κ3) is 3.06. The van der Waals surface area contributed by atoms with Crippen LogP contribution in [0.25, 0.3) is 0 Å². The van der Waals surface area contributed by atoms with Gasteiger partial charge in [0.2, 0.25) is 0 Å². The molecule has 0 radical (unpaired) electrons. The molecule has 1 aliphatic rings. The molecule has 1 aliphatic carbocycles. The Morgan fingerprint density at radius 3 is 2.44 bits per heavy atom. The quantitative estimate of drug-likeness (QED) is 0.594. The van der Waals surface area contributed by atoms with Crippen molar-refractivity contribution >= 4 is 5.97 Å². The molecule has 0 amide bonds. The van der Waals surface area contributed by atoms with Gasteiger partial charge < -0.3 is 4.74 Å².